The molecule has 2 amide bonds. The number of nitrogens with two attached hydrogens (primary N) is 1. The number of carbonyl (C=O) groups is 2. The van der Waals surface area contributed by atoms with Gasteiger partial charge in [0.2, 0.25) is 11.8 Å². The second-order valence-corrected chi connectivity index (χ2v) is 7.59. The van der Waals surface area contributed by atoms with Gasteiger partial charge in [-0.3, -0.25) is 9.59 Å². The fourth-order valence-corrected chi connectivity index (χ4v) is 4.52. The average Bonchev–Trinajstić information content (AvgIpc) is 3.02. The van der Waals surface area contributed by atoms with Gasteiger partial charge in [-0.15, -0.1) is 0 Å². The summed E-state index contributed by atoms with van der Waals surface area (Å²) in [5.74, 6) is -4.63. The maximum absolute atomic E-state index is 15.0. The van der Waals surface area contributed by atoms with Crippen LogP contribution < -0.4 is 11.1 Å². The van der Waals surface area contributed by atoms with Crippen molar-refractivity contribution in [3.8, 4) is 0 Å². The van der Waals surface area contributed by atoms with Crippen LogP contribution >= 0.6 is 0 Å². The second kappa shape index (κ2) is 7.91. The minimum Gasteiger partial charge on any atom is -0.370 e. The quantitative estimate of drug-likeness (QED) is 0.655. The highest BCUT2D eigenvalue weighted by atomic mass is 19.1. The average molecular weight is 424 g/mol. The smallest absolute Gasteiger partial charge is 0.225 e. The predicted molar refractivity (Wildman–Crippen MR) is 108 cm³/mol. The normalized spacial score (nSPS) is 19.8. The van der Waals surface area contributed by atoms with Crippen LogP contribution in [0.25, 0.3) is 0 Å². The summed E-state index contributed by atoms with van der Waals surface area (Å²) in [6.07, 6.45) is -0.311. The van der Waals surface area contributed by atoms with Crippen molar-refractivity contribution >= 4 is 11.8 Å². The molecular formula is C24H19F3N2O2. The van der Waals surface area contributed by atoms with Crippen LogP contribution in [-0.4, -0.2) is 11.8 Å². The van der Waals surface area contributed by atoms with Gasteiger partial charge >= 0.3 is 0 Å². The highest BCUT2D eigenvalue weighted by molar-refractivity contribution is 5.90. The molecule has 158 valence electrons. The van der Waals surface area contributed by atoms with Crippen molar-refractivity contribution in [2.75, 3.05) is 0 Å². The molecule has 31 heavy (non-hydrogen) atoms. The molecule has 0 saturated carbocycles. The number of primary amides is 1. The van der Waals surface area contributed by atoms with E-state index in [1.807, 2.05) is 0 Å². The Kier molecular flexibility index (Phi) is 5.27. The Morgan fingerprint density at radius 3 is 1.87 bits per heavy atom. The lowest BCUT2D eigenvalue weighted by Crippen LogP contribution is -2.43. The molecule has 4 nitrogen and oxygen atoms in total. The van der Waals surface area contributed by atoms with Crippen molar-refractivity contribution in [2.45, 2.75) is 17.9 Å². The molecule has 0 bridgehead atoms. The molecule has 0 spiro atoms. The molecule has 1 saturated heterocycles. The number of nitrogens with one attached hydrogen (secondary N) is 1. The van der Waals surface area contributed by atoms with Crippen LogP contribution in [0.4, 0.5) is 13.2 Å². The zero-order valence-corrected chi connectivity index (χ0v) is 16.3. The number of hydrogen-bond donors (Lipinski definition) is 2. The molecule has 1 fully saturated rings. The maximum atomic E-state index is 15.0. The molecule has 1 aliphatic heterocycles. The van der Waals surface area contributed by atoms with Crippen LogP contribution in [0, 0.1) is 23.4 Å². The van der Waals surface area contributed by atoms with Crippen LogP contribution in [0.2, 0.25) is 0 Å². The number of halogens is 3. The minimum atomic E-state index is -1.37. The van der Waals surface area contributed by atoms with Crippen molar-refractivity contribution in [1.29, 1.82) is 0 Å². The Morgan fingerprint density at radius 2 is 1.39 bits per heavy atom. The molecule has 1 unspecified atom stereocenters. The lowest BCUT2D eigenvalue weighted by atomic mass is 9.67. The van der Waals surface area contributed by atoms with E-state index < -0.39 is 46.6 Å². The van der Waals surface area contributed by atoms with E-state index in [0.29, 0.717) is 11.1 Å². The fourth-order valence-electron chi connectivity index (χ4n) is 4.52. The zero-order chi connectivity index (χ0) is 22.2. The van der Waals surface area contributed by atoms with Gasteiger partial charge in [0, 0.05) is 12.3 Å². The summed E-state index contributed by atoms with van der Waals surface area (Å²) < 4.78 is 42.4. The first-order chi connectivity index (χ1) is 14.8. The van der Waals surface area contributed by atoms with Gasteiger partial charge < -0.3 is 11.1 Å². The summed E-state index contributed by atoms with van der Waals surface area (Å²) in [6.45, 7) is 0. The SMILES string of the molecule is NC(=O)C[C@@H]1C(=O)NC(c2ccc(F)cc2)(c2ccc(F)cc2)C1c1ccccc1F. The topological polar surface area (TPSA) is 72.2 Å². The fraction of sp³-hybridized carbons (Fsp3) is 0.167. The van der Waals surface area contributed by atoms with Gasteiger partial charge in [-0.1, -0.05) is 42.5 Å². The molecule has 7 heteroatoms. The molecule has 3 N–H and O–H groups in total. The van der Waals surface area contributed by atoms with Gasteiger partial charge in [-0.25, -0.2) is 13.2 Å². The second-order valence-electron chi connectivity index (χ2n) is 7.59. The number of amides is 2. The third-order valence-corrected chi connectivity index (χ3v) is 5.79. The first kappa shape index (κ1) is 20.7. The van der Waals surface area contributed by atoms with Gasteiger partial charge in [-0.2, -0.15) is 0 Å². The Labute approximate surface area is 176 Å². The predicted octanol–water partition coefficient (Wildman–Crippen LogP) is 3.75. The van der Waals surface area contributed by atoms with Gasteiger partial charge in [0.25, 0.3) is 0 Å². The van der Waals surface area contributed by atoms with Gasteiger partial charge in [0.15, 0.2) is 0 Å². The summed E-state index contributed by atoms with van der Waals surface area (Å²) in [6, 6.07) is 16.8. The molecule has 4 rings (SSSR count). The molecule has 1 heterocycles. The number of benzene rings is 3. The standard InChI is InChI=1S/C24H19F3N2O2/c25-16-9-5-14(6-10-16)24(15-7-11-17(26)12-8-15)22(18-3-1-2-4-20(18)27)19(13-21(28)30)23(31)29-24/h1-12,19,22H,13H2,(H2,28,30)(H,29,31)/t19-,22?/m0/s1. The molecule has 3 aromatic rings. The molecule has 2 atom stereocenters. The Balaban J connectivity index is 2.04. The van der Waals surface area contributed by atoms with Crippen molar-refractivity contribution in [3.63, 3.8) is 0 Å². The molecule has 0 aliphatic carbocycles. The highest BCUT2D eigenvalue weighted by Crippen LogP contribution is 2.52. The largest absolute Gasteiger partial charge is 0.370 e. The minimum absolute atomic E-state index is 0.195. The summed E-state index contributed by atoms with van der Waals surface area (Å²) in [5.41, 5.74) is 5.16. The monoisotopic (exact) mass is 424 g/mol. The third-order valence-electron chi connectivity index (χ3n) is 5.79. The van der Waals surface area contributed by atoms with E-state index in [9.17, 15) is 18.4 Å². The van der Waals surface area contributed by atoms with Crippen molar-refractivity contribution in [3.05, 3.63) is 107 Å². The number of rotatable bonds is 5. The van der Waals surface area contributed by atoms with E-state index in [2.05, 4.69) is 5.32 Å². The van der Waals surface area contributed by atoms with E-state index in [1.165, 1.54) is 66.7 Å². The van der Waals surface area contributed by atoms with Crippen LogP contribution in [-0.2, 0) is 15.1 Å². The van der Waals surface area contributed by atoms with Crippen LogP contribution in [0.1, 0.15) is 29.0 Å². The first-order valence-electron chi connectivity index (χ1n) is 9.70. The molecular weight excluding hydrogens is 405 g/mol. The zero-order valence-electron chi connectivity index (χ0n) is 16.3. The van der Waals surface area contributed by atoms with Gasteiger partial charge in [0.1, 0.15) is 17.5 Å². The van der Waals surface area contributed by atoms with E-state index in [0.717, 1.165) is 0 Å². The van der Waals surface area contributed by atoms with Crippen LogP contribution in [0.5, 0.6) is 0 Å². The summed E-state index contributed by atoms with van der Waals surface area (Å²) in [7, 11) is 0. The number of hydrogen-bond acceptors (Lipinski definition) is 2. The Bertz CT molecular complexity index is 1080. The van der Waals surface area contributed by atoms with E-state index in [1.54, 1.807) is 6.07 Å². The Hall–Kier alpha value is -3.61. The van der Waals surface area contributed by atoms with Crippen molar-refractivity contribution in [1.82, 2.24) is 5.32 Å². The van der Waals surface area contributed by atoms with Crippen molar-refractivity contribution < 1.29 is 22.8 Å². The van der Waals surface area contributed by atoms with Crippen molar-refractivity contribution in [2.24, 2.45) is 11.7 Å². The third kappa shape index (κ3) is 3.56. The number of carbonyl (C=O) groups excluding carboxylic acids is 2. The molecule has 0 radical (unpaired) electrons. The summed E-state index contributed by atoms with van der Waals surface area (Å²) >= 11 is 0. The maximum Gasteiger partial charge on any atom is 0.225 e. The van der Waals surface area contributed by atoms with Crippen LogP contribution in [0.3, 0.4) is 0 Å². The van der Waals surface area contributed by atoms with E-state index in [-0.39, 0.29) is 12.0 Å². The first-order valence-corrected chi connectivity index (χ1v) is 9.70. The lowest BCUT2D eigenvalue weighted by Gasteiger charge is -2.38. The Morgan fingerprint density at radius 1 is 0.871 bits per heavy atom. The lowest BCUT2D eigenvalue weighted by molar-refractivity contribution is -0.127. The highest BCUT2D eigenvalue weighted by Gasteiger charge is 2.56. The van der Waals surface area contributed by atoms with Gasteiger partial charge in [0.05, 0.1) is 11.5 Å². The van der Waals surface area contributed by atoms with E-state index >= 15 is 4.39 Å². The summed E-state index contributed by atoms with van der Waals surface area (Å²) in [5, 5.41) is 2.91. The van der Waals surface area contributed by atoms with Crippen LogP contribution in [0.15, 0.2) is 72.8 Å². The van der Waals surface area contributed by atoms with Gasteiger partial charge in [-0.05, 0) is 47.0 Å². The molecule has 0 aromatic heterocycles. The summed E-state index contributed by atoms with van der Waals surface area (Å²) in [4.78, 5) is 24.9. The molecule has 3 aromatic carbocycles. The van der Waals surface area contributed by atoms with E-state index in [4.69, 9.17) is 5.73 Å². The molecule has 1 aliphatic rings.